The Balaban J connectivity index is 2.22. The van der Waals surface area contributed by atoms with E-state index in [9.17, 15) is 4.79 Å². The lowest BCUT2D eigenvalue weighted by Crippen LogP contribution is -1.99. The second kappa shape index (κ2) is 4.72. The van der Waals surface area contributed by atoms with E-state index in [0.717, 1.165) is 15.6 Å². The molecule has 3 aromatic rings. The van der Waals surface area contributed by atoms with Gasteiger partial charge in [0.2, 0.25) is 0 Å². The number of hydrogen-bond acceptors (Lipinski definition) is 3. The molecule has 0 aliphatic rings. The summed E-state index contributed by atoms with van der Waals surface area (Å²) in [5.41, 5.74) is 2.80. The van der Waals surface area contributed by atoms with Crippen molar-refractivity contribution >= 4 is 27.5 Å². The SMILES string of the molecule is Cc1ccc(-c2nnc3ccc(C(=O)O)cn23)cc1Br. The Kier molecular flexibility index (Phi) is 3.02. The molecule has 2 aromatic heterocycles. The molecule has 2 heterocycles. The summed E-state index contributed by atoms with van der Waals surface area (Å²) < 4.78 is 2.65. The second-order valence-corrected chi connectivity index (χ2v) is 5.29. The Morgan fingerprint density at radius 2 is 2.05 bits per heavy atom. The van der Waals surface area contributed by atoms with E-state index in [1.165, 1.54) is 12.3 Å². The highest BCUT2D eigenvalue weighted by atomic mass is 79.9. The van der Waals surface area contributed by atoms with Gasteiger partial charge in [0.05, 0.1) is 5.56 Å². The lowest BCUT2D eigenvalue weighted by atomic mass is 10.1. The van der Waals surface area contributed by atoms with Crippen LogP contribution in [-0.4, -0.2) is 25.7 Å². The number of benzene rings is 1. The van der Waals surface area contributed by atoms with Crippen LogP contribution in [0.5, 0.6) is 0 Å². The summed E-state index contributed by atoms with van der Waals surface area (Å²) in [6.45, 7) is 2.00. The van der Waals surface area contributed by atoms with Crippen LogP contribution in [0.25, 0.3) is 17.0 Å². The van der Waals surface area contributed by atoms with Crippen LogP contribution < -0.4 is 0 Å². The summed E-state index contributed by atoms with van der Waals surface area (Å²) in [4.78, 5) is 11.1. The van der Waals surface area contributed by atoms with Gasteiger partial charge >= 0.3 is 5.97 Å². The molecule has 0 fully saturated rings. The molecule has 5 nitrogen and oxygen atoms in total. The quantitative estimate of drug-likeness (QED) is 0.783. The van der Waals surface area contributed by atoms with Crippen LogP contribution in [0.3, 0.4) is 0 Å². The van der Waals surface area contributed by atoms with E-state index in [2.05, 4.69) is 26.1 Å². The Morgan fingerprint density at radius 1 is 1.25 bits per heavy atom. The summed E-state index contributed by atoms with van der Waals surface area (Å²) in [6, 6.07) is 9.01. The fourth-order valence-electron chi connectivity index (χ4n) is 1.95. The fraction of sp³-hybridized carbons (Fsp3) is 0.0714. The largest absolute Gasteiger partial charge is 0.478 e. The van der Waals surface area contributed by atoms with Gasteiger partial charge in [-0.1, -0.05) is 28.1 Å². The van der Waals surface area contributed by atoms with Crippen molar-refractivity contribution in [3.8, 4) is 11.4 Å². The number of carbonyl (C=O) groups is 1. The number of fused-ring (bicyclic) bond motifs is 1. The highest BCUT2D eigenvalue weighted by Gasteiger charge is 2.11. The maximum Gasteiger partial charge on any atom is 0.337 e. The molecule has 0 radical (unpaired) electrons. The average molecular weight is 332 g/mol. The minimum absolute atomic E-state index is 0.199. The molecule has 1 aromatic carbocycles. The van der Waals surface area contributed by atoms with Gasteiger partial charge in [-0.3, -0.25) is 4.40 Å². The first-order chi connectivity index (χ1) is 9.56. The number of aromatic nitrogens is 3. The van der Waals surface area contributed by atoms with Crippen LogP contribution in [-0.2, 0) is 0 Å². The number of halogens is 1. The third-order valence-corrected chi connectivity index (χ3v) is 3.93. The van der Waals surface area contributed by atoms with Crippen molar-refractivity contribution in [2.45, 2.75) is 6.92 Å². The summed E-state index contributed by atoms with van der Waals surface area (Å²) in [5.74, 6) is -0.361. The van der Waals surface area contributed by atoms with E-state index in [1.54, 1.807) is 10.5 Å². The lowest BCUT2D eigenvalue weighted by molar-refractivity contribution is 0.0696. The predicted molar refractivity (Wildman–Crippen MR) is 77.8 cm³/mol. The standard InChI is InChI=1S/C14H10BrN3O2/c1-8-2-3-9(6-11(8)15)13-17-16-12-5-4-10(14(19)20)7-18(12)13/h2-7H,1H3,(H,19,20). The Labute approximate surface area is 123 Å². The molecule has 0 aliphatic heterocycles. The molecule has 0 saturated heterocycles. The molecule has 100 valence electrons. The number of rotatable bonds is 2. The molecule has 1 N–H and O–H groups in total. The van der Waals surface area contributed by atoms with Crippen molar-refractivity contribution in [3.63, 3.8) is 0 Å². The molecule has 0 spiro atoms. The highest BCUT2D eigenvalue weighted by molar-refractivity contribution is 9.10. The molecule has 0 bridgehead atoms. The van der Waals surface area contributed by atoms with Gasteiger partial charge in [-0.15, -0.1) is 10.2 Å². The summed E-state index contributed by atoms with van der Waals surface area (Å²) in [6.07, 6.45) is 1.53. The molecule has 20 heavy (non-hydrogen) atoms. The first-order valence-electron chi connectivity index (χ1n) is 5.91. The second-order valence-electron chi connectivity index (χ2n) is 4.44. The third-order valence-electron chi connectivity index (χ3n) is 3.08. The molecular formula is C14H10BrN3O2. The van der Waals surface area contributed by atoms with Crippen LogP contribution >= 0.6 is 15.9 Å². The number of carboxylic acid groups (broad SMARTS) is 1. The van der Waals surface area contributed by atoms with Crippen molar-refractivity contribution in [1.82, 2.24) is 14.6 Å². The Morgan fingerprint density at radius 3 is 2.75 bits per heavy atom. The van der Waals surface area contributed by atoms with Crippen LogP contribution in [0.2, 0.25) is 0 Å². The number of hydrogen-bond donors (Lipinski definition) is 1. The molecular weight excluding hydrogens is 322 g/mol. The van der Waals surface area contributed by atoms with Crippen molar-refractivity contribution in [3.05, 3.63) is 52.1 Å². The smallest absolute Gasteiger partial charge is 0.337 e. The Hall–Kier alpha value is -2.21. The topological polar surface area (TPSA) is 67.5 Å². The van der Waals surface area contributed by atoms with Gasteiger partial charge in [0, 0.05) is 16.2 Å². The van der Waals surface area contributed by atoms with Crippen LogP contribution in [0, 0.1) is 6.92 Å². The number of pyridine rings is 1. The van der Waals surface area contributed by atoms with E-state index in [-0.39, 0.29) is 5.56 Å². The monoisotopic (exact) mass is 331 g/mol. The molecule has 0 aliphatic carbocycles. The van der Waals surface area contributed by atoms with Crippen molar-refractivity contribution in [2.24, 2.45) is 0 Å². The first-order valence-corrected chi connectivity index (χ1v) is 6.70. The summed E-state index contributed by atoms with van der Waals surface area (Å²) >= 11 is 3.48. The number of aryl methyl sites for hydroxylation is 1. The average Bonchev–Trinajstić information content (AvgIpc) is 2.84. The molecule has 6 heteroatoms. The van der Waals surface area contributed by atoms with Gasteiger partial charge in [-0.25, -0.2) is 4.79 Å². The minimum atomic E-state index is -0.975. The molecule has 0 amide bonds. The predicted octanol–water partition coefficient (Wildman–Crippen LogP) is 3.17. The molecule has 3 rings (SSSR count). The van der Waals surface area contributed by atoms with E-state index < -0.39 is 5.97 Å². The third kappa shape index (κ3) is 2.08. The first kappa shape index (κ1) is 12.8. The molecule has 0 saturated carbocycles. The van der Waals surface area contributed by atoms with E-state index >= 15 is 0 Å². The maximum absolute atomic E-state index is 11.1. The van der Waals surface area contributed by atoms with Gasteiger partial charge in [-0.2, -0.15) is 0 Å². The normalized spacial score (nSPS) is 10.9. The molecule has 0 unspecified atom stereocenters. The molecule has 0 atom stereocenters. The zero-order valence-electron chi connectivity index (χ0n) is 10.5. The zero-order valence-corrected chi connectivity index (χ0v) is 12.1. The highest BCUT2D eigenvalue weighted by Crippen LogP contribution is 2.25. The van der Waals surface area contributed by atoms with Gasteiger partial charge in [0.15, 0.2) is 11.5 Å². The van der Waals surface area contributed by atoms with Gasteiger partial charge in [0.1, 0.15) is 0 Å². The van der Waals surface area contributed by atoms with Gasteiger partial charge in [-0.05, 0) is 30.7 Å². The van der Waals surface area contributed by atoms with E-state index in [1.807, 2.05) is 25.1 Å². The van der Waals surface area contributed by atoms with Gasteiger partial charge < -0.3 is 5.11 Å². The Bertz CT molecular complexity index is 826. The van der Waals surface area contributed by atoms with Crippen molar-refractivity contribution < 1.29 is 9.90 Å². The lowest BCUT2D eigenvalue weighted by Gasteiger charge is -2.04. The fourth-order valence-corrected chi connectivity index (χ4v) is 2.32. The number of carboxylic acids is 1. The van der Waals surface area contributed by atoms with Crippen LogP contribution in [0.4, 0.5) is 0 Å². The summed E-state index contributed by atoms with van der Waals surface area (Å²) in [5, 5.41) is 17.3. The zero-order chi connectivity index (χ0) is 14.3. The van der Waals surface area contributed by atoms with Gasteiger partial charge in [0.25, 0.3) is 0 Å². The maximum atomic E-state index is 11.1. The van der Waals surface area contributed by atoms with Crippen molar-refractivity contribution in [2.75, 3.05) is 0 Å². The van der Waals surface area contributed by atoms with Crippen LogP contribution in [0.1, 0.15) is 15.9 Å². The number of nitrogens with zero attached hydrogens (tertiary/aromatic N) is 3. The van der Waals surface area contributed by atoms with Crippen molar-refractivity contribution in [1.29, 1.82) is 0 Å². The van der Waals surface area contributed by atoms with Crippen LogP contribution in [0.15, 0.2) is 41.0 Å². The minimum Gasteiger partial charge on any atom is -0.478 e. The van der Waals surface area contributed by atoms with E-state index in [0.29, 0.717) is 11.5 Å². The summed E-state index contributed by atoms with van der Waals surface area (Å²) in [7, 11) is 0. The van der Waals surface area contributed by atoms with E-state index in [4.69, 9.17) is 5.11 Å². The number of aromatic carboxylic acids is 1.